The van der Waals surface area contributed by atoms with Gasteiger partial charge >= 0.3 is 23.9 Å². The van der Waals surface area contributed by atoms with E-state index in [0.29, 0.717) is 18.2 Å². The molecule has 2 aromatic rings. The van der Waals surface area contributed by atoms with Gasteiger partial charge in [-0.25, -0.2) is 19.2 Å². The largest absolute Gasteiger partial charge is 0.444 e. The van der Waals surface area contributed by atoms with Crippen LogP contribution in [0.5, 0.6) is 0 Å². The average molecular weight is 697 g/mol. The summed E-state index contributed by atoms with van der Waals surface area (Å²) in [5.74, 6) is 0.196. The predicted molar refractivity (Wildman–Crippen MR) is 188 cm³/mol. The highest BCUT2D eigenvalue weighted by Gasteiger charge is 2.37. The maximum atomic E-state index is 13.1. The summed E-state index contributed by atoms with van der Waals surface area (Å²) >= 11 is 0. The van der Waals surface area contributed by atoms with E-state index < -0.39 is 40.6 Å². The van der Waals surface area contributed by atoms with Crippen LogP contribution in [0.1, 0.15) is 67.4 Å². The number of hydrogen-bond donors (Lipinski definition) is 3. The number of anilines is 1. The van der Waals surface area contributed by atoms with E-state index >= 15 is 0 Å². The number of ether oxygens (including phenoxy) is 2. The summed E-state index contributed by atoms with van der Waals surface area (Å²) in [6.45, 7) is 18.2. The highest BCUT2D eigenvalue weighted by Crippen LogP contribution is 2.20. The molecule has 0 aliphatic carbocycles. The fourth-order valence-corrected chi connectivity index (χ4v) is 5.76. The average Bonchev–Trinajstić information content (AvgIpc) is 3.45. The van der Waals surface area contributed by atoms with Crippen LogP contribution in [0.3, 0.4) is 0 Å². The third kappa shape index (κ3) is 11.2. The van der Waals surface area contributed by atoms with Crippen molar-refractivity contribution in [2.75, 3.05) is 51.1 Å². The predicted octanol–water partition coefficient (Wildman–Crippen LogP) is 3.56. The summed E-state index contributed by atoms with van der Waals surface area (Å²) in [4.78, 5) is 72.7. The molecular formula is C35H52N8O7. The molecule has 0 radical (unpaired) electrons. The zero-order chi connectivity index (χ0) is 36.9. The van der Waals surface area contributed by atoms with Crippen molar-refractivity contribution < 1.29 is 28.7 Å². The standard InChI is InChI=1S/C35H52N8O7/c1-33(2,3)49-31(47)36-21-25-13-15-40(23-25)22-24-9-11-26(12-10-24)43-16-14-27(38-30(43)46)37-29(45)42-19-17-41(18-20-42)28(44)35(7,8)39-32(48)50-34(4,5)6/h9-12,14,16,25H,13,15,17-23H2,1-8H3,(H,36,47)(H,39,48)(H,37,38,45,46)/t25-/m1/s1. The molecule has 2 aliphatic rings. The highest BCUT2D eigenvalue weighted by molar-refractivity contribution is 5.90. The van der Waals surface area contributed by atoms with Gasteiger partial charge in [-0.3, -0.25) is 19.6 Å². The Bertz CT molecular complexity index is 1590. The van der Waals surface area contributed by atoms with Crippen molar-refractivity contribution in [2.45, 2.75) is 85.1 Å². The monoisotopic (exact) mass is 696 g/mol. The summed E-state index contributed by atoms with van der Waals surface area (Å²) in [7, 11) is 0. The molecule has 3 N–H and O–H groups in total. The molecule has 2 saturated heterocycles. The number of hydrogen-bond acceptors (Lipinski definition) is 9. The van der Waals surface area contributed by atoms with E-state index in [-0.39, 0.29) is 37.9 Å². The van der Waals surface area contributed by atoms with Gasteiger partial charge in [0.15, 0.2) is 0 Å². The van der Waals surface area contributed by atoms with E-state index in [9.17, 15) is 24.0 Å². The minimum atomic E-state index is -1.19. The molecule has 1 aromatic carbocycles. The third-order valence-corrected chi connectivity index (χ3v) is 8.17. The van der Waals surface area contributed by atoms with Gasteiger partial charge in [0, 0.05) is 52.0 Å². The van der Waals surface area contributed by atoms with Crippen LogP contribution in [-0.2, 0) is 20.8 Å². The number of nitrogens with one attached hydrogen (secondary N) is 3. The van der Waals surface area contributed by atoms with Crippen LogP contribution in [0.2, 0.25) is 0 Å². The Morgan fingerprint density at radius 2 is 1.42 bits per heavy atom. The van der Waals surface area contributed by atoms with E-state index in [1.54, 1.807) is 56.7 Å². The molecule has 274 valence electrons. The topological polar surface area (TPSA) is 167 Å². The number of urea groups is 1. The van der Waals surface area contributed by atoms with Crippen LogP contribution in [0, 0.1) is 5.92 Å². The van der Waals surface area contributed by atoms with Crippen molar-refractivity contribution in [2.24, 2.45) is 5.92 Å². The van der Waals surface area contributed by atoms with Crippen molar-refractivity contribution in [1.82, 2.24) is 34.9 Å². The molecule has 1 atom stereocenters. The highest BCUT2D eigenvalue weighted by atomic mass is 16.6. The van der Waals surface area contributed by atoms with E-state index in [4.69, 9.17) is 9.47 Å². The van der Waals surface area contributed by atoms with Crippen molar-refractivity contribution in [1.29, 1.82) is 0 Å². The van der Waals surface area contributed by atoms with Gasteiger partial charge in [0.05, 0.1) is 5.69 Å². The van der Waals surface area contributed by atoms with Gasteiger partial charge in [-0.1, -0.05) is 12.1 Å². The molecule has 15 nitrogen and oxygen atoms in total. The lowest BCUT2D eigenvalue weighted by Crippen LogP contribution is -2.60. The van der Waals surface area contributed by atoms with E-state index in [0.717, 1.165) is 31.6 Å². The first-order chi connectivity index (χ1) is 23.3. The van der Waals surface area contributed by atoms with Gasteiger partial charge in [0.2, 0.25) is 5.91 Å². The molecule has 0 bridgehead atoms. The summed E-state index contributed by atoms with van der Waals surface area (Å²) in [5, 5.41) is 8.18. The van der Waals surface area contributed by atoms with Crippen LogP contribution >= 0.6 is 0 Å². The first-order valence-corrected chi connectivity index (χ1v) is 17.0. The molecule has 1 aromatic heterocycles. The molecule has 0 saturated carbocycles. The zero-order valence-corrected chi connectivity index (χ0v) is 30.5. The van der Waals surface area contributed by atoms with Gasteiger partial charge < -0.3 is 29.9 Å². The van der Waals surface area contributed by atoms with Crippen molar-refractivity contribution in [3.8, 4) is 5.69 Å². The Labute approximate surface area is 293 Å². The minimum Gasteiger partial charge on any atom is -0.444 e. The quantitative estimate of drug-likeness (QED) is 0.374. The van der Waals surface area contributed by atoms with Crippen LogP contribution in [0.25, 0.3) is 5.69 Å². The number of aromatic nitrogens is 2. The lowest BCUT2D eigenvalue weighted by atomic mass is 10.0. The minimum absolute atomic E-state index is 0.124. The van der Waals surface area contributed by atoms with Gasteiger partial charge in [0.25, 0.3) is 0 Å². The van der Waals surface area contributed by atoms with Crippen LogP contribution in [0.4, 0.5) is 20.2 Å². The number of carbonyl (C=O) groups excluding carboxylic acids is 4. The summed E-state index contributed by atoms with van der Waals surface area (Å²) < 4.78 is 12.0. The summed E-state index contributed by atoms with van der Waals surface area (Å²) in [6.07, 6.45) is 1.48. The number of likely N-dealkylation sites (tertiary alicyclic amines) is 1. The number of nitrogens with zero attached hydrogens (tertiary/aromatic N) is 5. The molecule has 50 heavy (non-hydrogen) atoms. The van der Waals surface area contributed by atoms with Crippen LogP contribution in [-0.4, -0.2) is 111 Å². The summed E-state index contributed by atoms with van der Waals surface area (Å²) in [5.41, 5.74) is -1.20. The fourth-order valence-electron chi connectivity index (χ4n) is 5.76. The van der Waals surface area contributed by atoms with E-state index in [2.05, 4.69) is 25.8 Å². The maximum absolute atomic E-state index is 13.1. The Hall–Kier alpha value is -4.66. The molecular weight excluding hydrogens is 644 g/mol. The van der Waals surface area contributed by atoms with Crippen molar-refractivity contribution in [3.05, 3.63) is 52.6 Å². The second-order valence-electron chi connectivity index (χ2n) is 15.4. The summed E-state index contributed by atoms with van der Waals surface area (Å²) in [6, 6.07) is 8.81. The lowest BCUT2D eigenvalue weighted by molar-refractivity contribution is -0.138. The number of benzene rings is 1. The number of rotatable bonds is 8. The maximum Gasteiger partial charge on any atom is 0.408 e. The van der Waals surface area contributed by atoms with Crippen molar-refractivity contribution >= 4 is 29.9 Å². The van der Waals surface area contributed by atoms with E-state index in [1.807, 2.05) is 45.0 Å². The van der Waals surface area contributed by atoms with Gasteiger partial charge in [-0.15, -0.1) is 0 Å². The number of alkyl carbamates (subject to hydrolysis) is 2. The molecule has 2 aliphatic heterocycles. The molecule has 0 spiro atoms. The second kappa shape index (κ2) is 15.5. The molecule has 4 rings (SSSR count). The van der Waals surface area contributed by atoms with Crippen LogP contribution < -0.4 is 21.6 Å². The van der Waals surface area contributed by atoms with Crippen molar-refractivity contribution in [3.63, 3.8) is 0 Å². The molecule has 0 unspecified atom stereocenters. The number of piperazine rings is 1. The Balaban J connectivity index is 1.23. The second-order valence-corrected chi connectivity index (χ2v) is 15.4. The molecule has 15 heteroatoms. The first-order valence-electron chi connectivity index (χ1n) is 17.0. The zero-order valence-electron chi connectivity index (χ0n) is 30.5. The Morgan fingerprint density at radius 1 is 0.820 bits per heavy atom. The number of amides is 5. The van der Waals surface area contributed by atoms with Gasteiger partial charge in [0.1, 0.15) is 22.6 Å². The van der Waals surface area contributed by atoms with Gasteiger partial charge in [-0.05, 0) is 98.0 Å². The molecule has 3 heterocycles. The third-order valence-electron chi connectivity index (χ3n) is 8.17. The Morgan fingerprint density at radius 3 is 2.02 bits per heavy atom. The SMILES string of the molecule is CC(C)(C)OC(=O)NC[C@H]1CCN(Cc2ccc(-n3ccc(NC(=O)N4CCN(C(=O)C(C)(C)NC(=O)OC(C)(C)C)CC4)nc3=O)cc2)C1. The fraction of sp³-hybridized carbons (Fsp3) is 0.600. The first kappa shape index (κ1) is 38.1. The smallest absolute Gasteiger partial charge is 0.408 e. The normalized spacial score (nSPS) is 17.2. The van der Waals surface area contributed by atoms with E-state index in [1.165, 1.54) is 4.57 Å². The van der Waals surface area contributed by atoms with Gasteiger partial charge in [-0.2, -0.15) is 4.98 Å². The molecule has 2 fully saturated rings. The lowest BCUT2D eigenvalue weighted by Gasteiger charge is -2.38. The van der Waals surface area contributed by atoms with Crippen LogP contribution in [0.15, 0.2) is 41.3 Å². The number of carbonyl (C=O) groups is 4. The molecule has 5 amide bonds. The Kier molecular flexibility index (Phi) is 11.8.